The molecule has 2 fully saturated rings. The molecule has 0 aliphatic carbocycles. The maximum absolute atomic E-state index is 12.7. The number of amides is 2. The van der Waals surface area contributed by atoms with Crippen molar-refractivity contribution in [1.82, 2.24) is 24.8 Å². The van der Waals surface area contributed by atoms with Crippen LogP contribution >= 0.6 is 11.6 Å². The number of hydrogen-bond donors (Lipinski definition) is 3. The first-order valence-electron chi connectivity index (χ1n) is 12.7. The summed E-state index contributed by atoms with van der Waals surface area (Å²) in [4.78, 5) is 31.8. The third kappa shape index (κ3) is 5.52. The van der Waals surface area contributed by atoms with Crippen molar-refractivity contribution in [2.45, 2.75) is 46.1 Å². The smallest absolute Gasteiger partial charge is 0.251 e. The predicted octanol–water partition coefficient (Wildman–Crippen LogP) is 4.99. The summed E-state index contributed by atoms with van der Waals surface area (Å²) in [6.45, 7) is 11.1. The number of aromatic nitrogens is 3. The van der Waals surface area contributed by atoms with Crippen molar-refractivity contribution in [3.8, 4) is 0 Å². The van der Waals surface area contributed by atoms with Crippen molar-refractivity contribution >= 4 is 52.5 Å². The summed E-state index contributed by atoms with van der Waals surface area (Å²) in [7, 11) is 0. The first-order valence-corrected chi connectivity index (χ1v) is 13.1. The monoisotopic (exact) mass is 533 g/mol. The summed E-state index contributed by atoms with van der Waals surface area (Å²) in [6.07, 6.45) is 5.63. The highest BCUT2D eigenvalue weighted by Crippen LogP contribution is 2.28. The molecule has 3 aromatic rings. The van der Waals surface area contributed by atoms with Gasteiger partial charge in [0.15, 0.2) is 5.65 Å². The number of likely N-dealkylation sites (tertiary alicyclic amines) is 1. The molecule has 0 atom stereocenters. The van der Waals surface area contributed by atoms with Crippen LogP contribution in [0.2, 0.25) is 5.02 Å². The van der Waals surface area contributed by atoms with Crippen LogP contribution in [-0.2, 0) is 9.59 Å². The molecule has 0 radical (unpaired) electrons. The molecule has 2 aliphatic heterocycles. The number of nitrogens with zero attached hydrogens (tertiary/aromatic N) is 4. The van der Waals surface area contributed by atoms with Crippen LogP contribution in [0.15, 0.2) is 54.4 Å². The van der Waals surface area contributed by atoms with E-state index in [9.17, 15) is 9.59 Å². The number of rotatable bonds is 5. The van der Waals surface area contributed by atoms with Crippen molar-refractivity contribution in [3.05, 3.63) is 65.0 Å². The number of halogens is 1. The number of allylic oxidation sites excluding steroid dienone is 1. The third-order valence-corrected chi connectivity index (χ3v) is 6.92. The Morgan fingerprint density at radius 1 is 1.24 bits per heavy atom. The molecule has 2 amide bonds. The second kappa shape index (κ2) is 10.1. The van der Waals surface area contributed by atoms with Gasteiger partial charge in [-0.2, -0.15) is 9.61 Å². The van der Waals surface area contributed by atoms with E-state index in [2.05, 4.69) is 27.6 Å². The van der Waals surface area contributed by atoms with Gasteiger partial charge in [0, 0.05) is 64.6 Å². The first kappa shape index (κ1) is 25.8. The van der Waals surface area contributed by atoms with Gasteiger partial charge in [0.1, 0.15) is 11.6 Å². The molecule has 198 valence electrons. The number of carbonyl (C=O) groups excluding carboxylic acids is 2. The van der Waals surface area contributed by atoms with Gasteiger partial charge >= 0.3 is 0 Å². The van der Waals surface area contributed by atoms with Gasteiger partial charge in [-0.15, -0.1) is 0 Å². The lowest BCUT2D eigenvalue weighted by Crippen LogP contribution is -2.46. The van der Waals surface area contributed by atoms with Gasteiger partial charge in [-0.1, -0.05) is 45.0 Å². The van der Waals surface area contributed by atoms with E-state index in [-0.39, 0.29) is 23.3 Å². The van der Waals surface area contributed by atoms with Gasteiger partial charge in [0.2, 0.25) is 5.91 Å². The third-order valence-electron chi connectivity index (χ3n) is 6.69. The molecule has 2 aliphatic rings. The average molecular weight is 534 g/mol. The van der Waals surface area contributed by atoms with E-state index in [1.165, 1.54) is 0 Å². The Hall–Kier alpha value is -3.85. The quantitative estimate of drug-likeness (QED) is 0.399. The van der Waals surface area contributed by atoms with Crippen LogP contribution in [-0.4, -0.2) is 50.4 Å². The van der Waals surface area contributed by atoms with Crippen LogP contribution in [0.1, 0.15) is 45.6 Å². The van der Waals surface area contributed by atoms with Crippen molar-refractivity contribution in [3.63, 3.8) is 0 Å². The molecule has 4 heterocycles. The molecule has 1 aromatic carbocycles. The maximum atomic E-state index is 12.7. The molecule has 0 saturated carbocycles. The topological polar surface area (TPSA) is 104 Å². The minimum atomic E-state index is -0.388. The van der Waals surface area contributed by atoms with Crippen LogP contribution in [0.5, 0.6) is 0 Å². The summed E-state index contributed by atoms with van der Waals surface area (Å²) in [5.41, 5.74) is 3.05. The van der Waals surface area contributed by atoms with Crippen molar-refractivity contribution < 1.29 is 9.59 Å². The fourth-order valence-corrected chi connectivity index (χ4v) is 4.96. The summed E-state index contributed by atoms with van der Waals surface area (Å²) >= 11 is 6.19. The number of hydrogen-bond acceptors (Lipinski definition) is 6. The summed E-state index contributed by atoms with van der Waals surface area (Å²) in [5.74, 6) is 1.41. The SMILES string of the molecule is C=C1C/C(=C\c2cnn3c(NC4CCN(C(=O)C(C)(C)C)CC4)cc(Nc4cccc(Cl)c4)nc23)C(=O)N1. The van der Waals surface area contributed by atoms with E-state index in [0.717, 1.165) is 29.9 Å². The molecule has 10 heteroatoms. The average Bonchev–Trinajstić information content (AvgIpc) is 3.40. The van der Waals surface area contributed by atoms with E-state index in [1.807, 2.05) is 62.1 Å². The molecule has 0 spiro atoms. The molecule has 2 aromatic heterocycles. The number of fused-ring (bicyclic) bond motifs is 1. The highest BCUT2D eigenvalue weighted by molar-refractivity contribution is 6.30. The molecule has 2 saturated heterocycles. The molecule has 5 rings (SSSR count). The van der Waals surface area contributed by atoms with E-state index >= 15 is 0 Å². The van der Waals surface area contributed by atoms with Crippen molar-refractivity contribution in [1.29, 1.82) is 0 Å². The molecule has 0 unspecified atom stereocenters. The van der Waals surface area contributed by atoms with Gasteiger partial charge in [-0.05, 0) is 37.1 Å². The Bertz CT molecular complexity index is 1450. The highest BCUT2D eigenvalue weighted by Gasteiger charge is 2.30. The van der Waals surface area contributed by atoms with E-state index in [4.69, 9.17) is 16.6 Å². The van der Waals surface area contributed by atoms with Gasteiger partial charge in [-0.3, -0.25) is 9.59 Å². The number of anilines is 3. The molecule has 38 heavy (non-hydrogen) atoms. The van der Waals surface area contributed by atoms with Crippen LogP contribution in [0.4, 0.5) is 17.3 Å². The van der Waals surface area contributed by atoms with Crippen LogP contribution < -0.4 is 16.0 Å². The highest BCUT2D eigenvalue weighted by atomic mass is 35.5. The minimum Gasteiger partial charge on any atom is -0.367 e. The van der Waals surface area contributed by atoms with Crippen LogP contribution in [0.3, 0.4) is 0 Å². The maximum Gasteiger partial charge on any atom is 0.251 e. The van der Waals surface area contributed by atoms with Crippen molar-refractivity contribution in [2.24, 2.45) is 5.41 Å². The number of piperidine rings is 1. The Kier molecular flexibility index (Phi) is 6.88. The standard InChI is InChI=1S/C28H32ClN7O2/c1-17-12-18(26(37)31-17)13-19-16-30-36-24(33-21-8-10-35(11-9-21)27(38)28(2,3)4)15-23(34-25(19)36)32-22-7-5-6-20(29)14-22/h5-7,13-16,21,33H,1,8-12H2,2-4H3,(H,31,37)(H,32,34)/b18-13+. The van der Waals surface area contributed by atoms with E-state index in [0.29, 0.717) is 47.3 Å². The Morgan fingerprint density at radius 2 is 2.00 bits per heavy atom. The second-order valence-electron chi connectivity index (χ2n) is 10.9. The largest absolute Gasteiger partial charge is 0.367 e. The lowest BCUT2D eigenvalue weighted by Gasteiger charge is -2.36. The van der Waals surface area contributed by atoms with Gasteiger partial charge in [0.25, 0.3) is 5.91 Å². The van der Waals surface area contributed by atoms with Crippen molar-refractivity contribution in [2.75, 3.05) is 23.7 Å². The molecule has 3 N–H and O–H groups in total. The van der Waals surface area contributed by atoms with Gasteiger partial charge in [-0.25, -0.2) is 4.98 Å². The normalized spacial score (nSPS) is 17.8. The molecular weight excluding hydrogens is 502 g/mol. The Balaban J connectivity index is 1.45. The van der Waals surface area contributed by atoms with Gasteiger partial charge in [0.05, 0.1) is 6.20 Å². The number of benzene rings is 1. The first-order chi connectivity index (χ1) is 18.1. The van der Waals surface area contributed by atoms with Crippen LogP contribution in [0.25, 0.3) is 11.7 Å². The lowest BCUT2D eigenvalue weighted by molar-refractivity contribution is -0.140. The fourth-order valence-electron chi connectivity index (χ4n) is 4.77. The number of nitrogens with one attached hydrogen (secondary N) is 3. The second-order valence-corrected chi connectivity index (χ2v) is 11.3. The van der Waals surface area contributed by atoms with Gasteiger partial charge < -0.3 is 20.9 Å². The summed E-state index contributed by atoms with van der Waals surface area (Å²) < 4.78 is 1.75. The zero-order valence-electron chi connectivity index (χ0n) is 21.8. The minimum absolute atomic E-state index is 0.155. The molecule has 9 nitrogen and oxygen atoms in total. The number of carbonyl (C=O) groups is 2. The summed E-state index contributed by atoms with van der Waals surface area (Å²) in [6, 6.07) is 9.51. The Morgan fingerprint density at radius 3 is 2.66 bits per heavy atom. The lowest BCUT2D eigenvalue weighted by atomic mass is 9.93. The zero-order chi connectivity index (χ0) is 27.0. The van der Waals surface area contributed by atoms with E-state index < -0.39 is 0 Å². The summed E-state index contributed by atoms with van der Waals surface area (Å²) in [5, 5.41) is 14.9. The van der Waals surface area contributed by atoms with Crippen LogP contribution in [0, 0.1) is 5.41 Å². The molecule has 0 bridgehead atoms. The molecular formula is C28H32ClN7O2. The van der Waals surface area contributed by atoms with E-state index in [1.54, 1.807) is 10.7 Å². The Labute approximate surface area is 226 Å². The fraction of sp³-hybridized carbons (Fsp3) is 0.357. The zero-order valence-corrected chi connectivity index (χ0v) is 22.6. The predicted molar refractivity (Wildman–Crippen MR) is 150 cm³/mol.